The highest BCUT2D eigenvalue weighted by Gasteiger charge is 2.27. The minimum Gasteiger partial charge on any atom is -0.444 e. The predicted molar refractivity (Wildman–Crippen MR) is 142 cm³/mol. The molecule has 0 bridgehead atoms. The molecular weight excluding hydrogens is 482 g/mol. The molecule has 1 atom stereocenters. The summed E-state index contributed by atoms with van der Waals surface area (Å²) in [5.41, 5.74) is 11.4. The number of hydrogen-bond donors (Lipinski definition) is 2. The van der Waals surface area contributed by atoms with Crippen molar-refractivity contribution >= 4 is 23.1 Å². The molecule has 4 aromatic heterocycles. The van der Waals surface area contributed by atoms with Crippen molar-refractivity contribution in [2.75, 3.05) is 5.73 Å². The van der Waals surface area contributed by atoms with Gasteiger partial charge in [-0.25, -0.2) is 24.7 Å². The van der Waals surface area contributed by atoms with Crippen LogP contribution in [-0.2, 0) is 11.2 Å². The summed E-state index contributed by atoms with van der Waals surface area (Å²) in [4.78, 5) is 30.7. The first-order valence-electron chi connectivity index (χ1n) is 12.4. The van der Waals surface area contributed by atoms with E-state index < -0.39 is 11.7 Å². The van der Waals surface area contributed by atoms with Crippen LogP contribution in [0, 0.1) is 0 Å². The third-order valence-electron chi connectivity index (χ3n) is 6.39. The highest BCUT2D eigenvalue weighted by atomic mass is 16.6. The maximum atomic E-state index is 12.4. The number of imidazole rings is 1. The van der Waals surface area contributed by atoms with Crippen LogP contribution in [0.4, 0.5) is 10.6 Å². The van der Waals surface area contributed by atoms with Gasteiger partial charge in [0.15, 0.2) is 11.5 Å². The van der Waals surface area contributed by atoms with Crippen molar-refractivity contribution in [1.29, 1.82) is 0 Å². The Labute approximate surface area is 218 Å². The van der Waals surface area contributed by atoms with Crippen molar-refractivity contribution in [2.45, 2.75) is 45.3 Å². The number of rotatable bonds is 4. The van der Waals surface area contributed by atoms with Crippen molar-refractivity contribution < 1.29 is 13.9 Å². The third-order valence-corrected chi connectivity index (χ3v) is 6.39. The molecule has 4 heterocycles. The number of nitrogens with one attached hydrogen (secondary N) is 1. The second-order valence-electron chi connectivity index (χ2n) is 10.2. The van der Waals surface area contributed by atoms with Gasteiger partial charge in [-0.05, 0) is 81.1 Å². The average molecular weight is 510 g/mol. The van der Waals surface area contributed by atoms with Gasteiger partial charge in [-0.2, -0.15) is 0 Å². The normalized spacial score (nSPS) is 15.0. The zero-order valence-electron chi connectivity index (χ0n) is 21.3. The number of oxazole rings is 1. The highest BCUT2D eigenvalue weighted by molar-refractivity contribution is 5.84. The molecule has 10 nitrogen and oxygen atoms in total. The molecule has 1 aromatic carbocycles. The Morgan fingerprint density at radius 1 is 1.13 bits per heavy atom. The number of nitrogens with two attached hydrogens (primary N) is 1. The van der Waals surface area contributed by atoms with E-state index in [0.717, 1.165) is 29.7 Å². The molecule has 10 heteroatoms. The SMILES string of the molecule is CC(C)(C)OC(=O)N[C@H]1CCc2cc(-n3c(-c4cccnc4N)nc4ccc(-c5ncco5)nc43)ccc21. The van der Waals surface area contributed by atoms with Crippen molar-refractivity contribution in [2.24, 2.45) is 0 Å². The van der Waals surface area contributed by atoms with Gasteiger partial charge in [0.25, 0.3) is 0 Å². The van der Waals surface area contributed by atoms with Crippen LogP contribution in [0.5, 0.6) is 0 Å². The number of pyridine rings is 2. The highest BCUT2D eigenvalue weighted by Crippen LogP contribution is 2.36. The number of amides is 1. The number of aryl methyl sites for hydroxylation is 1. The van der Waals surface area contributed by atoms with Crippen LogP contribution in [-0.4, -0.2) is 36.2 Å². The second-order valence-corrected chi connectivity index (χ2v) is 10.2. The quantitative estimate of drug-likeness (QED) is 0.336. The fourth-order valence-electron chi connectivity index (χ4n) is 4.80. The molecule has 1 aliphatic rings. The standard InChI is InChI=1S/C28H27N7O3/c1-28(2,3)38-27(36)34-20-9-6-16-15-17(7-8-18(16)20)35-24(19-5-4-12-30-23(19)29)32-21-10-11-22(33-25(21)35)26-31-13-14-37-26/h4-5,7-8,10-15,20H,6,9H2,1-3H3,(H2,29,30)(H,34,36)/t20-/m0/s1. The average Bonchev–Trinajstić information content (AvgIpc) is 3.61. The topological polar surface area (TPSA) is 134 Å². The first kappa shape index (κ1) is 23.7. The number of carbonyl (C=O) groups is 1. The summed E-state index contributed by atoms with van der Waals surface area (Å²) >= 11 is 0. The van der Waals surface area contributed by atoms with E-state index in [0.29, 0.717) is 40.0 Å². The number of fused-ring (bicyclic) bond motifs is 2. The Kier molecular flexibility index (Phi) is 5.59. The zero-order chi connectivity index (χ0) is 26.4. The van der Waals surface area contributed by atoms with Gasteiger partial charge in [0.2, 0.25) is 5.89 Å². The van der Waals surface area contributed by atoms with Crippen LogP contribution >= 0.6 is 0 Å². The molecule has 192 valence electrons. The van der Waals surface area contributed by atoms with E-state index in [9.17, 15) is 4.79 Å². The molecule has 0 unspecified atom stereocenters. The minimum absolute atomic E-state index is 0.114. The molecule has 1 amide bonds. The van der Waals surface area contributed by atoms with E-state index in [2.05, 4.69) is 21.4 Å². The summed E-state index contributed by atoms with van der Waals surface area (Å²) in [7, 11) is 0. The van der Waals surface area contributed by atoms with Crippen molar-refractivity contribution in [1.82, 2.24) is 29.8 Å². The summed E-state index contributed by atoms with van der Waals surface area (Å²) in [6.07, 6.45) is 5.94. The maximum absolute atomic E-state index is 12.4. The lowest BCUT2D eigenvalue weighted by molar-refractivity contribution is 0.0503. The molecule has 0 spiro atoms. The summed E-state index contributed by atoms with van der Waals surface area (Å²) in [5.74, 6) is 1.43. The van der Waals surface area contributed by atoms with Gasteiger partial charge >= 0.3 is 6.09 Å². The molecule has 3 N–H and O–H groups in total. The number of hydrogen-bond acceptors (Lipinski definition) is 8. The molecule has 0 radical (unpaired) electrons. The van der Waals surface area contributed by atoms with E-state index in [1.807, 2.05) is 61.7 Å². The van der Waals surface area contributed by atoms with Gasteiger partial charge in [0.05, 0.1) is 17.8 Å². The van der Waals surface area contributed by atoms with Crippen LogP contribution < -0.4 is 11.1 Å². The minimum atomic E-state index is -0.556. The van der Waals surface area contributed by atoms with Gasteiger partial charge < -0.3 is 20.2 Å². The first-order valence-corrected chi connectivity index (χ1v) is 12.4. The molecule has 0 fully saturated rings. The Hall–Kier alpha value is -4.73. The van der Waals surface area contributed by atoms with Gasteiger partial charge in [0, 0.05) is 11.9 Å². The lowest BCUT2D eigenvalue weighted by Crippen LogP contribution is -2.34. The van der Waals surface area contributed by atoms with Crippen molar-refractivity contribution in [3.05, 3.63) is 72.2 Å². The Balaban J connectivity index is 1.45. The van der Waals surface area contributed by atoms with E-state index in [4.69, 9.17) is 24.9 Å². The molecule has 38 heavy (non-hydrogen) atoms. The number of nitrogens with zero attached hydrogens (tertiary/aromatic N) is 5. The Morgan fingerprint density at radius 3 is 2.76 bits per heavy atom. The van der Waals surface area contributed by atoms with Gasteiger partial charge in [-0.1, -0.05) is 6.07 Å². The van der Waals surface area contributed by atoms with E-state index >= 15 is 0 Å². The van der Waals surface area contributed by atoms with Gasteiger partial charge in [-0.3, -0.25) is 4.57 Å². The lowest BCUT2D eigenvalue weighted by atomic mass is 10.1. The predicted octanol–water partition coefficient (Wildman–Crippen LogP) is 5.23. The van der Waals surface area contributed by atoms with Crippen LogP contribution in [0.15, 0.2) is 65.5 Å². The summed E-state index contributed by atoms with van der Waals surface area (Å²) in [5, 5.41) is 3.01. The Morgan fingerprint density at radius 2 is 2.00 bits per heavy atom. The number of alkyl carbamates (subject to hydrolysis) is 1. The number of anilines is 1. The van der Waals surface area contributed by atoms with Crippen LogP contribution in [0.3, 0.4) is 0 Å². The Bertz CT molecular complexity index is 1650. The van der Waals surface area contributed by atoms with Crippen LogP contribution in [0.2, 0.25) is 0 Å². The smallest absolute Gasteiger partial charge is 0.408 e. The van der Waals surface area contributed by atoms with E-state index in [1.165, 1.54) is 6.26 Å². The number of nitrogen functional groups attached to an aromatic ring is 1. The monoisotopic (exact) mass is 509 g/mol. The van der Waals surface area contributed by atoms with Crippen LogP contribution in [0.25, 0.3) is 39.8 Å². The molecule has 6 rings (SSSR count). The largest absolute Gasteiger partial charge is 0.444 e. The molecule has 0 aliphatic heterocycles. The summed E-state index contributed by atoms with van der Waals surface area (Å²) < 4.78 is 12.9. The fraction of sp³-hybridized carbons (Fsp3) is 0.250. The lowest BCUT2D eigenvalue weighted by Gasteiger charge is -2.22. The third kappa shape index (κ3) is 4.34. The number of ether oxygens (including phenoxy) is 1. The molecule has 5 aromatic rings. The maximum Gasteiger partial charge on any atom is 0.408 e. The first-order chi connectivity index (χ1) is 18.3. The molecular formula is C28H27N7O3. The van der Waals surface area contributed by atoms with E-state index in [1.54, 1.807) is 12.4 Å². The van der Waals surface area contributed by atoms with Crippen LogP contribution in [0.1, 0.15) is 44.4 Å². The second kappa shape index (κ2) is 8.98. The number of benzene rings is 1. The van der Waals surface area contributed by atoms with Crippen molar-refractivity contribution in [3.8, 4) is 28.7 Å². The molecule has 0 saturated heterocycles. The fourth-order valence-corrected chi connectivity index (χ4v) is 4.80. The van der Waals surface area contributed by atoms with Gasteiger partial charge in [-0.15, -0.1) is 0 Å². The van der Waals surface area contributed by atoms with Gasteiger partial charge in [0.1, 0.15) is 28.9 Å². The number of aromatic nitrogens is 5. The van der Waals surface area contributed by atoms with E-state index in [-0.39, 0.29) is 6.04 Å². The molecule has 1 aliphatic carbocycles. The zero-order valence-corrected chi connectivity index (χ0v) is 21.3. The summed E-state index contributed by atoms with van der Waals surface area (Å²) in [6, 6.07) is 13.5. The molecule has 0 saturated carbocycles. The van der Waals surface area contributed by atoms with Crippen molar-refractivity contribution in [3.63, 3.8) is 0 Å². The summed E-state index contributed by atoms with van der Waals surface area (Å²) in [6.45, 7) is 5.56. The number of carbonyl (C=O) groups excluding carboxylic acids is 1.